The Morgan fingerprint density at radius 3 is 2.22 bits per heavy atom. The molecule has 0 aliphatic rings. The highest BCUT2D eigenvalue weighted by atomic mass is 16.2. The van der Waals surface area contributed by atoms with Crippen LogP contribution in [0.5, 0.6) is 0 Å². The summed E-state index contributed by atoms with van der Waals surface area (Å²) in [7, 11) is 0. The van der Waals surface area contributed by atoms with Gasteiger partial charge >= 0.3 is 0 Å². The quantitative estimate of drug-likeness (QED) is 0.781. The summed E-state index contributed by atoms with van der Waals surface area (Å²) in [6.07, 6.45) is 1.82. The van der Waals surface area contributed by atoms with Gasteiger partial charge in [-0.2, -0.15) is 0 Å². The minimum absolute atomic E-state index is 0.0398. The smallest absolute Gasteiger partial charge is 0.242 e. The summed E-state index contributed by atoms with van der Waals surface area (Å²) in [6.45, 7) is 3.92. The summed E-state index contributed by atoms with van der Waals surface area (Å²) in [5.74, 6) is -0.371. The van der Waals surface area contributed by atoms with Crippen LogP contribution in [0, 0.1) is 5.92 Å². The fraction of sp³-hybridized carbons (Fsp3) is 0.429. The van der Waals surface area contributed by atoms with Gasteiger partial charge in [-0.3, -0.25) is 20.4 Å². The second-order valence-corrected chi connectivity index (χ2v) is 4.21. The third kappa shape index (κ3) is 4.57. The van der Waals surface area contributed by atoms with Crippen molar-refractivity contribution < 1.29 is 9.59 Å². The molecule has 4 heteroatoms. The molecule has 2 amide bonds. The van der Waals surface area contributed by atoms with Crippen molar-refractivity contribution in [1.82, 2.24) is 10.9 Å². The average molecular weight is 248 g/mol. The fourth-order valence-electron chi connectivity index (χ4n) is 1.72. The predicted molar refractivity (Wildman–Crippen MR) is 70.5 cm³/mol. The zero-order valence-electron chi connectivity index (χ0n) is 10.9. The van der Waals surface area contributed by atoms with Crippen LogP contribution in [0.2, 0.25) is 0 Å². The molecule has 4 nitrogen and oxygen atoms in total. The molecular weight excluding hydrogens is 228 g/mol. The van der Waals surface area contributed by atoms with Gasteiger partial charge in [0.25, 0.3) is 0 Å². The van der Waals surface area contributed by atoms with E-state index in [1.54, 1.807) is 0 Å². The van der Waals surface area contributed by atoms with Crippen molar-refractivity contribution in [3.63, 3.8) is 0 Å². The van der Waals surface area contributed by atoms with Crippen LogP contribution in [0.15, 0.2) is 30.3 Å². The molecule has 2 N–H and O–H groups in total. The monoisotopic (exact) mass is 248 g/mol. The first-order valence-corrected chi connectivity index (χ1v) is 6.30. The van der Waals surface area contributed by atoms with E-state index >= 15 is 0 Å². The number of carbonyl (C=O) groups excluding carboxylic acids is 2. The first-order valence-electron chi connectivity index (χ1n) is 6.30. The number of hydrogen-bond acceptors (Lipinski definition) is 2. The molecule has 0 radical (unpaired) electrons. The van der Waals surface area contributed by atoms with Gasteiger partial charge in [0.2, 0.25) is 11.8 Å². The average Bonchev–Trinajstić information content (AvgIpc) is 2.39. The Hall–Kier alpha value is -1.84. The summed E-state index contributed by atoms with van der Waals surface area (Å²) in [5.41, 5.74) is 5.83. The van der Waals surface area contributed by atoms with Crippen molar-refractivity contribution in [2.24, 2.45) is 5.92 Å². The highest BCUT2D eigenvalue weighted by Crippen LogP contribution is 2.06. The second kappa shape index (κ2) is 7.48. The van der Waals surface area contributed by atoms with Crippen LogP contribution in [-0.2, 0) is 16.0 Å². The molecule has 0 aliphatic carbocycles. The number of carbonyl (C=O) groups is 2. The van der Waals surface area contributed by atoms with Gasteiger partial charge in [-0.1, -0.05) is 44.2 Å². The maximum absolute atomic E-state index is 11.6. The van der Waals surface area contributed by atoms with Gasteiger partial charge in [0.05, 0.1) is 6.42 Å². The maximum Gasteiger partial charge on any atom is 0.242 e. The van der Waals surface area contributed by atoms with Crippen molar-refractivity contribution >= 4 is 11.8 Å². The molecule has 98 valence electrons. The lowest BCUT2D eigenvalue weighted by molar-refractivity contribution is -0.131. The summed E-state index contributed by atoms with van der Waals surface area (Å²) >= 11 is 0. The number of benzene rings is 1. The molecule has 0 aromatic heterocycles. The zero-order chi connectivity index (χ0) is 13.4. The van der Waals surface area contributed by atoms with Crippen LogP contribution in [0.1, 0.15) is 32.3 Å². The largest absolute Gasteiger partial charge is 0.273 e. The Balaban J connectivity index is 2.35. The molecule has 18 heavy (non-hydrogen) atoms. The molecule has 0 atom stereocenters. The maximum atomic E-state index is 11.6. The normalized spacial score (nSPS) is 10.2. The van der Waals surface area contributed by atoms with E-state index in [-0.39, 0.29) is 24.2 Å². The molecule has 0 spiro atoms. The molecule has 0 aliphatic heterocycles. The summed E-state index contributed by atoms with van der Waals surface area (Å²) < 4.78 is 0. The molecule has 1 rings (SSSR count). The van der Waals surface area contributed by atoms with Gasteiger partial charge in [-0.15, -0.1) is 0 Å². The van der Waals surface area contributed by atoms with E-state index in [0.29, 0.717) is 0 Å². The van der Waals surface area contributed by atoms with Crippen molar-refractivity contribution in [1.29, 1.82) is 0 Å². The Labute approximate surface area is 108 Å². The van der Waals surface area contributed by atoms with Crippen LogP contribution in [0.25, 0.3) is 0 Å². The molecule has 0 saturated carbocycles. The summed E-state index contributed by atoms with van der Waals surface area (Å²) in [6, 6.07) is 9.41. The van der Waals surface area contributed by atoms with Gasteiger partial charge < -0.3 is 0 Å². The lowest BCUT2D eigenvalue weighted by atomic mass is 10.0. The van der Waals surface area contributed by atoms with Crippen molar-refractivity contribution in [3.8, 4) is 0 Å². The molecule has 0 bridgehead atoms. The van der Waals surface area contributed by atoms with E-state index in [1.165, 1.54) is 0 Å². The lowest BCUT2D eigenvalue weighted by Crippen LogP contribution is -2.45. The zero-order valence-corrected chi connectivity index (χ0v) is 10.9. The SMILES string of the molecule is CCC(CC)C(=O)NNC(=O)Cc1ccccc1. The highest BCUT2D eigenvalue weighted by Gasteiger charge is 2.14. The topological polar surface area (TPSA) is 58.2 Å². The van der Waals surface area contributed by atoms with E-state index in [4.69, 9.17) is 0 Å². The Bertz CT molecular complexity index is 386. The number of hydrogen-bond donors (Lipinski definition) is 2. The standard InChI is InChI=1S/C14H20N2O2/c1-3-12(4-2)14(18)16-15-13(17)10-11-8-6-5-7-9-11/h5-9,12H,3-4,10H2,1-2H3,(H,15,17)(H,16,18). The van der Waals surface area contributed by atoms with Crippen molar-refractivity contribution in [2.45, 2.75) is 33.1 Å². The molecule has 0 saturated heterocycles. The van der Waals surface area contributed by atoms with Crippen molar-refractivity contribution in [2.75, 3.05) is 0 Å². The number of rotatable bonds is 5. The van der Waals surface area contributed by atoms with Crippen LogP contribution >= 0.6 is 0 Å². The van der Waals surface area contributed by atoms with E-state index in [2.05, 4.69) is 10.9 Å². The summed E-state index contributed by atoms with van der Waals surface area (Å²) in [4.78, 5) is 23.2. The third-order valence-electron chi connectivity index (χ3n) is 2.89. The molecule has 1 aromatic rings. The highest BCUT2D eigenvalue weighted by molar-refractivity contribution is 5.84. The van der Waals surface area contributed by atoms with E-state index < -0.39 is 0 Å². The number of nitrogens with one attached hydrogen (secondary N) is 2. The van der Waals surface area contributed by atoms with Gasteiger partial charge in [0, 0.05) is 5.92 Å². The van der Waals surface area contributed by atoms with E-state index in [9.17, 15) is 9.59 Å². The first-order chi connectivity index (χ1) is 8.67. The number of amides is 2. The third-order valence-corrected chi connectivity index (χ3v) is 2.89. The van der Waals surface area contributed by atoms with Crippen LogP contribution in [0.4, 0.5) is 0 Å². The minimum atomic E-state index is -0.208. The van der Waals surface area contributed by atoms with Crippen molar-refractivity contribution in [3.05, 3.63) is 35.9 Å². The Morgan fingerprint density at radius 2 is 1.67 bits per heavy atom. The predicted octanol–water partition coefficient (Wildman–Crippen LogP) is 1.81. The van der Waals surface area contributed by atoms with Crippen LogP contribution < -0.4 is 10.9 Å². The van der Waals surface area contributed by atoms with Gasteiger partial charge in [-0.05, 0) is 18.4 Å². The molecule has 0 unspecified atom stereocenters. The summed E-state index contributed by atoms with van der Waals surface area (Å²) in [5, 5.41) is 0. The van der Waals surface area contributed by atoms with Gasteiger partial charge in [0.1, 0.15) is 0 Å². The molecule has 0 fully saturated rings. The molecule has 0 heterocycles. The molecular formula is C14H20N2O2. The number of hydrazine groups is 1. The minimum Gasteiger partial charge on any atom is -0.273 e. The van der Waals surface area contributed by atoms with Gasteiger partial charge in [-0.25, -0.2) is 0 Å². The fourth-order valence-corrected chi connectivity index (χ4v) is 1.72. The second-order valence-electron chi connectivity index (χ2n) is 4.21. The first kappa shape index (κ1) is 14.2. The van der Waals surface area contributed by atoms with E-state index in [1.807, 2.05) is 44.2 Å². The van der Waals surface area contributed by atoms with Crippen LogP contribution in [0.3, 0.4) is 0 Å². The Kier molecular flexibility index (Phi) is 5.91. The van der Waals surface area contributed by atoms with Gasteiger partial charge in [0.15, 0.2) is 0 Å². The molecule has 1 aromatic carbocycles. The van der Waals surface area contributed by atoms with E-state index in [0.717, 1.165) is 18.4 Å². The van der Waals surface area contributed by atoms with Crippen LogP contribution in [-0.4, -0.2) is 11.8 Å². The lowest BCUT2D eigenvalue weighted by Gasteiger charge is -2.13. The Morgan fingerprint density at radius 1 is 1.06 bits per heavy atom.